The molecule has 0 aliphatic carbocycles. The Morgan fingerprint density at radius 1 is 0.905 bits per heavy atom. The van der Waals surface area contributed by atoms with E-state index in [4.69, 9.17) is 19.4 Å². The number of aliphatic carboxylic acids is 1. The highest BCUT2D eigenvalue weighted by Gasteiger charge is 2.38. The summed E-state index contributed by atoms with van der Waals surface area (Å²) in [5.41, 5.74) is 0.800. The molecule has 1 amide bonds. The van der Waals surface area contributed by atoms with Crippen molar-refractivity contribution < 1.29 is 37.3 Å². The Balaban J connectivity index is 0.000000782. The highest BCUT2D eigenvalue weighted by Crippen LogP contribution is 2.16. The second-order valence-electron chi connectivity index (χ2n) is 9.39. The number of benzene rings is 2. The highest BCUT2D eigenvalue weighted by molar-refractivity contribution is 5.84. The van der Waals surface area contributed by atoms with Crippen LogP contribution in [0, 0.1) is 12.8 Å². The van der Waals surface area contributed by atoms with E-state index in [2.05, 4.69) is 39.8 Å². The van der Waals surface area contributed by atoms with Crippen molar-refractivity contribution in [3.8, 4) is 11.5 Å². The van der Waals surface area contributed by atoms with Gasteiger partial charge >= 0.3 is 12.1 Å². The molecule has 1 heterocycles. The molecule has 0 unspecified atom stereocenters. The molecule has 3 rings (SSSR count). The maximum Gasteiger partial charge on any atom is 0.490 e. The van der Waals surface area contributed by atoms with Crippen LogP contribution in [0.4, 0.5) is 24.9 Å². The summed E-state index contributed by atoms with van der Waals surface area (Å²) in [6.07, 6.45) is -4.41. The first-order valence-electron chi connectivity index (χ1n) is 13.2. The molecule has 0 bridgehead atoms. The molecule has 228 valence electrons. The first kappa shape index (κ1) is 33.7. The third-order valence-electron chi connectivity index (χ3n) is 5.25. The predicted molar refractivity (Wildman–Crippen MR) is 153 cm³/mol. The molecular weight excluding hydrogens is 555 g/mol. The van der Waals surface area contributed by atoms with E-state index < -0.39 is 18.2 Å². The molecule has 1 aromatic heterocycles. The first-order chi connectivity index (χ1) is 19.9. The van der Waals surface area contributed by atoms with Crippen molar-refractivity contribution in [2.75, 3.05) is 36.9 Å². The number of alkyl halides is 3. The third-order valence-corrected chi connectivity index (χ3v) is 5.25. The number of amides is 1. The van der Waals surface area contributed by atoms with E-state index in [0.29, 0.717) is 50.4 Å². The van der Waals surface area contributed by atoms with Gasteiger partial charge in [-0.3, -0.25) is 4.79 Å². The maximum absolute atomic E-state index is 12.9. The van der Waals surface area contributed by atoms with Crippen LogP contribution in [0.2, 0.25) is 0 Å². The fourth-order valence-corrected chi connectivity index (χ4v) is 3.43. The quantitative estimate of drug-likeness (QED) is 0.193. The number of anilines is 2. The smallest absolute Gasteiger partial charge is 0.490 e. The number of nitrogens with one attached hydrogen (secondary N) is 3. The van der Waals surface area contributed by atoms with Crippen molar-refractivity contribution in [1.82, 2.24) is 15.3 Å². The van der Waals surface area contributed by atoms with Gasteiger partial charge in [0, 0.05) is 11.8 Å². The number of carbonyl (C=O) groups excluding carboxylic acids is 1. The average molecular weight is 592 g/mol. The lowest BCUT2D eigenvalue weighted by Crippen LogP contribution is -2.42. The normalized spacial score (nSPS) is 11.5. The second kappa shape index (κ2) is 17.3. The van der Waals surface area contributed by atoms with Gasteiger partial charge in [0.15, 0.2) is 0 Å². The SMILES string of the molecule is Cc1cc(N[C@@H](CC(C)C)C(=O)NCCOc2ccccc2)nc(NCCOc2ccccc2)n1.O=C(O)C(F)(F)F. The summed E-state index contributed by atoms with van der Waals surface area (Å²) in [5.74, 6) is 0.177. The van der Waals surface area contributed by atoms with Crippen molar-refractivity contribution >= 4 is 23.6 Å². The molecule has 0 spiro atoms. The zero-order chi connectivity index (χ0) is 31.0. The van der Waals surface area contributed by atoms with Crippen LogP contribution >= 0.6 is 0 Å². The molecule has 13 heteroatoms. The number of nitrogens with zero attached hydrogens (tertiary/aromatic N) is 2. The van der Waals surface area contributed by atoms with Gasteiger partial charge in [-0.15, -0.1) is 0 Å². The zero-order valence-corrected chi connectivity index (χ0v) is 23.6. The predicted octanol–water partition coefficient (Wildman–Crippen LogP) is 4.93. The van der Waals surface area contributed by atoms with Crippen molar-refractivity contribution in [1.29, 1.82) is 0 Å². The van der Waals surface area contributed by atoms with Crippen molar-refractivity contribution in [3.05, 3.63) is 72.4 Å². The minimum atomic E-state index is -5.08. The van der Waals surface area contributed by atoms with Crippen LogP contribution in [0.15, 0.2) is 66.7 Å². The molecule has 0 saturated carbocycles. The Bertz CT molecular complexity index is 1230. The number of carbonyl (C=O) groups is 2. The molecule has 2 aromatic carbocycles. The molecule has 0 saturated heterocycles. The standard InChI is InChI=1S/C27H35N5O3.C2HF3O2/c1-20(2)18-24(26(33)28-14-16-34-22-10-6-4-7-11-22)31-25-19-21(3)30-27(32-25)29-15-17-35-23-12-8-5-9-13-23;3-2(4,5)1(6)7/h4-13,19-20,24H,14-18H2,1-3H3,(H,28,33)(H2,29,30,31,32);(H,6,7)/t24-;/m0./s1. The van der Waals surface area contributed by atoms with Gasteiger partial charge in [0.05, 0.1) is 13.1 Å². The van der Waals surface area contributed by atoms with Crippen LogP contribution in [-0.2, 0) is 9.59 Å². The lowest BCUT2D eigenvalue weighted by Gasteiger charge is -2.21. The van der Waals surface area contributed by atoms with Gasteiger partial charge in [-0.2, -0.15) is 18.2 Å². The summed E-state index contributed by atoms with van der Waals surface area (Å²) >= 11 is 0. The van der Waals surface area contributed by atoms with E-state index >= 15 is 0 Å². The molecular formula is C29H36F3N5O5. The van der Waals surface area contributed by atoms with Crippen molar-refractivity contribution in [2.24, 2.45) is 5.92 Å². The van der Waals surface area contributed by atoms with Crippen LogP contribution < -0.4 is 25.4 Å². The van der Waals surface area contributed by atoms with Crippen LogP contribution in [0.25, 0.3) is 0 Å². The number of aromatic nitrogens is 2. The number of hydrogen-bond donors (Lipinski definition) is 4. The molecule has 0 radical (unpaired) electrons. The molecule has 4 N–H and O–H groups in total. The summed E-state index contributed by atoms with van der Waals surface area (Å²) in [4.78, 5) is 30.8. The lowest BCUT2D eigenvalue weighted by molar-refractivity contribution is -0.192. The summed E-state index contributed by atoms with van der Waals surface area (Å²) in [7, 11) is 0. The highest BCUT2D eigenvalue weighted by atomic mass is 19.4. The van der Waals surface area contributed by atoms with E-state index in [1.807, 2.05) is 73.7 Å². The Labute approximate surface area is 242 Å². The number of carboxylic acid groups (broad SMARTS) is 1. The number of hydrogen-bond acceptors (Lipinski definition) is 8. The molecule has 3 aromatic rings. The Morgan fingerprint density at radius 3 is 1.93 bits per heavy atom. The van der Waals surface area contributed by atoms with Gasteiger partial charge in [0.2, 0.25) is 11.9 Å². The number of ether oxygens (including phenoxy) is 2. The fraction of sp³-hybridized carbons (Fsp3) is 0.379. The molecule has 0 aliphatic rings. The monoisotopic (exact) mass is 591 g/mol. The molecule has 0 fully saturated rings. The van der Waals surface area contributed by atoms with Crippen LogP contribution in [0.3, 0.4) is 0 Å². The number of halogens is 3. The van der Waals surface area contributed by atoms with Gasteiger partial charge in [-0.25, -0.2) is 9.78 Å². The summed E-state index contributed by atoms with van der Waals surface area (Å²) in [5, 5.41) is 16.6. The van der Waals surface area contributed by atoms with Gasteiger partial charge in [0.1, 0.15) is 36.6 Å². The van der Waals surface area contributed by atoms with Crippen LogP contribution in [0.5, 0.6) is 11.5 Å². The Hall–Kier alpha value is -4.55. The third kappa shape index (κ3) is 13.7. The van der Waals surface area contributed by atoms with E-state index in [9.17, 15) is 18.0 Å². The topological polar surface area (TPSA) is 135 Å². The average Bonchev–Trinajstić information content (AvgIpc) is 2.93. The van der Waals surface area contributed by atoms with E-state index in [0.717, 1.165) is 17.2 Å². The molecule has 0 aliphatic heterocycles. The molecule has 42 heavy (non-hydrogen) atoms. The van der Waals surface area contributed by atoms with Crippen molar-refractivity contribution in [2.45, 2.75) is 39.4 Å². The summed E-state index contributed by atoms with van der Waals surface area (Å²) < 4.78 is 43.1. The summed E-state index contributed by atoms with van der Waals surface area (Å²) in [6, 6.07) is 20.6. The number of carboxylic acids is 1. The molecule has 10 nitrogen and oxygen atoms in total. The largest absolute Gasteiger partial charge is 0.492 e. The number of aryl methyl sites for hydroxylation is 1. The zero-order valence-electron chi connectivity index (χ0n) is 23.6. The van der Waals surface area contributed by atoms with E-state index in [-0.39, 0.29) is 5.91 Å². The Morgan fingerprint density at radius 2 is 1.43 bits per heavy atom. The number of rotatable bonds is 14. The van der Waals surface area contributed by atoms with Crippen LogP contribution in [-0.4, -0.2) is 65.5 Å². The minimum Gasteiger partial charge on any atom is -0.492 e. The van der Waals surface area contributed by atoms with Gasteiger partial charge < -0.3 is 30.5 Å². The fourth-order valence-electron chi connectivity index (χ4n) is 3.43. The van der Waals surface area contributed by atoms with Gasteiger partial charge in [-0.1, -0.05) is 50.2 Å². The van der Waals surface area contributed by atoms with Crippen molar-refractivity contribution in [3.63, 3.8) is 0 Å². The molecule has 1 atom stereocenters. The second-order valence-corrected chi connectivity index (χ2v) is 9.39. The van der Waals surface area contributed by atoms with Gasteiger partial charge in [-0.05, 0) is 43.5 Å². The Kier molecular flexibility index (Phi) is 13.9. The van der Waals surface area contributed by atoms with E-state index in [1.165, 1.54) is 0 Å². The first-order valence-corrected chi connectivity index (χ1v) is 13.2. The van der Waals surface area contributed by atoms with E-state index in [1.54, 1.807) is 0 Å². The summed E-state index contributed by atoms with van der Waals surface area (Å²) in [6.45, 7) is 7.92. The minimum absolute atomic E-state index is 0.0857. The maximum atomic E-state index is 12.9. The lowest BCUT2D eigenvalue weighted by atomic mass is 10.0. The van der Waals surface area contributed by atoms with Crippen LogP contribution in [0.1, 0.15) is 26.0 Å². The number of para-hydroxylation sites is 2. The van der Waals surface area contributed by atoms with Gasteiger partial charge in [0.25, 0.3) is 0 Å².